The standard InChI is InChI=1S/C17H26N2O2/c1-17(2)9-7-13(8-10-17)21-15-6-5-14(18)16(19-15)20-11-12-3-4-12/h5-6,12-13H,3-4,7-11,18H2,1-2H3. The lowest BCUT2D eigenvalue weighted by Crippen LogP contribution is -2.28. The van der Waals surface area contributed by atoms with Crippen LogP contribution in [-0.2, 0) is 0 Å². The van der Waals surface area contributed by atoms with E-state index in [2.05, 4.69) is 18.8 Å². The molecule has 2 fully saturated rings. The van der Waals surface area contributed by atoms with Gasteiger partial charge in [-0.05, 0) is 55.9 Å². The maximum absolute atomic E-state index is 6.02. The van der Waals surface area contributed by atoms with Gasteiger partial charge in [-0.3, -0.25) is 0 Å². The molecule has 2 aliphatic rings. The fraction of sp³-hybridized carbons (Fsp3) is 0.706. The van der Waals surface area contributed by atoms with Crippen LogP contribution in [0.5, 0.6) is 11.8 Å². The molecule has 1 aromatic rings. The first-order valence-corrected chi connectivity index (χ1v) is 8.08. The van der Waals surface area contributed by atoms with Crippen molar-refractivity contribution < 1.29 is 9.47 Å². The van der Waals surface area contributed by atoms with Gasteiger partial charge in [-0.15, -0.1) is 0 Å². The van der Waals surface area contributed by atoms with Crippen LogP contribution in [0.1, 0.15) is 52.4 Å². The topological polar surface area (TPSA) is 57.4 Å². The first kappa shape index (κ1) is 14.5. The summed E-state index contributed by atoms with van der Waals surface area (Å²) in [6.45, 7) is 5.38. The fourth-order valence-corrected chi connectivity index (χ4v) is 2.76. The predicted molar refractivity (Wildman–Crippen MR) is 83.5 cm³/mol. The van der Waals surface area contributed by atoms with Crippen LogP contribution in [-0.4, -0.2) is 17.7 Å². The molecule has 21 heavy (non-hydrogen) atoms. The van der Waals surface area contributed by atoms with E-state index in [-0.39, 0.29) is 6.10 Å². The largest absolute Gasteiger partial charge is 0.476 e. The lowest BCUT2D eigenvalue weighted by molar-refractivity contribution is 0.0941. The van der Waals surface area contributed by atoms with E-state index in [1.54, 1.807) is 0 Å². The number of nitrogens with two attached hydrogens (primary N) is 1. The van der Waals surface area contributed by atoms with Gasteiger partial charge in [-0.2, -0.15) is 4.98 Å². The number of hydrogen-bond donors (Lipinski definition) is 1. The van der Waals surface area contributed by atoms with Crippen LogP contribution in [0.3, 0.4) is 0 Å². The van der Waals surface area contributed by atoms with E-state index in [1.807, 2.05) is 12.1 Å². The smallest absolute Gasteiger partial charge is 0.240 e. The van der Waals surface area contributed by atoms with Crippen molar-refractivity contribution in [2.75, 3.05) is 12.3 Å². The molecule has 0 bridgehead atoms. The van der Waals surface area contributed by atoms with Crippen molar-refractivity contribution in [3.05, 3.63) is 12.1 Å². The number of hydrogen-bond acceptors (Lipinski definition) is 4. The zero-order valence-corrected chi connectivity index (χ0v) is 13.1. The van der Waals surface area contributed by atoms with Crippen LogP contribution in [0.25, 0.3) is 0 Å². The van der Waals surface area contributed by atoms with E-state index in [1.165, 1.54) is 25.7 Å². The molecular formula is C17H26N2O2. The Bertz CT molecular complexity index is 488. The minimum Gasteiger partial charge on any atom is -0.476 e. The molecular weight excluding hydrogens is 264 g/mol. The zero-order chi connectivity index (χ0) is 14.9. The number of rotatable bonds is 5. The summed E-state index contributed by atoms with van der Waals surface area (Å²) in [6.07, 6.45) is 7.39. The molecule has 0 radical (unpaired) electrons. The third-order valence-electron chi connectivity index (χ3n) is 4.59. The second-order valence-corrected chi connectivity index (χ2v) is 7.28. The van der Waals surface area contributed by atoms with Crippen LogP contribution in [0, 0.1) is 11.3 Å². The first-order chi connectivity index (χ1) is 10.0. The number of nitrogens with zero attached hydrogens (tertiary/aromatic N) is 1. The Balaban J connectivity index is 1.58. The highest BCUT2D eigenvalue weighted by Gasteiger charge is 2.28. The van der Waals surface area contributed by atoms with Crippen LogP contribution in [0.15, 0.2) is 12.1 Å². The number of pyridine rings is 1. The summed E-state index contributed by atoms with van der Waals surface area (Å²) in [4.78, 5) is 4.43. The molecule has 0 atom stereocenters. The van der Waals surface area contributed by atoms with E-state index in [4.69, 9.17) is 15.2 Å². The highest BCUT2D eigenvalue weighted by Crippen LogP contribution is 2.37. The van der Waals surface area contributed by atoms with Crippen LogP contribution in [0.4, 0.5) is 5.69 Å². The molecule has 4 heteroatoms. The lowest BCUT2D eigenvalue weighted by atomic mass is 9.76. The number of aromatic nitrogens is 1. The van der Waals surface area contributed by atoms with Crippen molar-refractivity contribution in [1.29, 1.82) is 0 Å². The molecule has 0 saturated heterocycles. The van der Waals surface area contributed by atoms with Crippen molar-refractivity contribution in [3.63, 3.8) is 0 Å². The normalized spacial score (nSPS) is 22.0. The van der Waals surface area contributed by atoms with E-state index in [0.717, 1.165) is 19.4 Å². The zero-order valence-electron chi connectivity index (χ0n) is 13.1. The second kappa shape index (κ2) is 5.74. The number of ether oxygens (including phenoxy) is 2. The Morgan fingerprint density at radius 2 is 1.90 bits per heavy atom. The molecule has 0 aromatic carbocycles. The van der Waals surface area contributed by atoms with Gasteiger partial charge >= 0.3 is 0 Å². The molecule has 0 unspecified atom stereocenters. The van der Waals surface area contributed by atoms with E-state index in [0.29, 0.717) is 28.8 Å². The van der Waals surface area contributed by atoms with Crippen LogP contribution in [0.2, 0.25) is 0 Å². The maximum atomic E-state index is 6.02. The first-order valence-electron chi connectivity index (χ1n) is 8.08. The van der Waals surface area contributed by atoms with Gasteiger partial charge in [0.05, 0.1) is 12.3 Å². The van der Waals surface area contributed by atoms with Crippen molar-refractivity contribution in [1.82, 2.24) is 4.98 Å². The third kappa shape index (κ3) is 4.02. The highest BCUT2D eigenvalue weighted by atomic mass is 16.5. The summed E-state index contributed by atoms with van der Waals surface area (Å²) in [5.41, 5.74) is 6.96. The van der Waals surface area contributed by atoms with Gasteiger partial charge < -0.3 is 15.2 Å². The molecule has 1 heterocycles. The van der Waals surface area contributed by atoms with Crippen molar-refractivity contribution in [2.24, 2.45) is 11.3 Å². The molecule has 116 valence electrons. The summed E-state index contributed by atoms with van der Waals surface area (Å²) in [5.74, 6) is 1.85. The summed E-state index contributed by atoms with van der Waals surface area (Å²) in [6, 6.07) is 3.68. The second-order valence-electron chi connectivity index (χ2n) is 7.28. The Morgan fingerprint density at radius 3 is 2.57 bits per heavy atom. The summed E-state index contributed by atoms with van der Waals surface area (Å²) in [5, 5.41) is 0. The summed E-state index contributed by atoms with van der Waals surface area (Å²) < 4.78 is 11.7. The molecule has 0 aliphatic heterocycles. The van der Waals surface area contributed by atoms with E-state index >= 15 is 0 Å². The van der Waals surface area contributed by atoms with Gasteiger partial charge in [0, 0.05) is 6.07 Å². The minimum atomic E-state index is 0.269. The molecule has 2 saturated carbocycles. The molecule has 2 N–H and O–H groups in total. The van der Waals surface area contributed by atoms with E-state index < -0.39 is 0 Å². The minimum absolute atomic E-state index is 0.269. The highest BCUT2D eigenvalue weighted by molar-refractivity contribution is 5.49. The number of anilines is 1. The SMILES string of the molecule is CC1(C)CCC(Oc2ccc(N)c(OCC3CC3)n2)CC1. The fourth-order valence-electron chi connectivity index (χ4n) is 2.76. The Hall–Kier alpha value is -1.45. The lowest BCUT2D eigenvalue weighted by Gasteiger charge is -2.34. The summed E-state index contributed by atoms with van der Waals surface area (Å²) >= 11 is 0. The van der Waals surface area contributed by atoms with Crippen molar-refractivity contribution in [2.45, 2.75) is 58.5 Å². The Kier molecular flexibility index (Phi) is 3.96. The quantitative estimate of drug-likeness (QED) is 0.896. The van der Waals surface area contributed by atoms with Gasteiger partial charge in [0.15, 0.2) is 0 Å². The molecule has 0 spiro atoms. The molecule has 4 nitrogen and oxygen atoms in total. The molecule has 2 aliphatic carbocycles. The summed E-state index contributed by atoms with van der Waals surface area (Å²) in [7, 11) is 0. The molecule has 0 amide bonds. The monoisotopic (exact) mass is 290 g/mol. The Labute approximate surface area is 127 Å². The van der Waals surface area contributed by atoms with Crippen LogP contribution < -0.4 is 15.2 Å². The van der Waals surface area contributed by atoms with Crippen molar-refractivity contribution in [3.8, 4) is 11.8 Å². The maximum Gasteiger partial charge on any atom is 0.240 e. The average molecular weight is 290 g/mol. The van der Waals surface area contributed by atoms with Gasteiger partial charge in [0.1, 0.15) is 6.10 Å². The Morgan fingerprint density at radius 1 is 1.19 bits per heavy atom. The predicted octanol–water partition coefficient (Wildman–Crippen LogP) is 3.80. The van der Waals surface area contributed by atoms with Crippen molar-refractivity contribution >= 4 is 5.69 Å². The molecule has 1 aromatic heterocycles. The van der Waals surface area contributed by atoms with Gasteiger partial charge in [0.25, 0.3) is 0 Å². The van der Waals surface area contributed by atoms with Crippen LogP contribution >= 0.6 is 0 Å². The van der Waals surface area contributed by atoms with Gasteiger partial charge in [0.2, 0.25) is 11.8 Å². The number of nitrogen functional groups attached to an aromatic ring is 1. The van der Waals surface area contributed by atoms with E-state index in [9.17, 15) is 0 Å². The molecule has 3 rings (SSSR count). The average Bonchev–Trinajstić information content (AvgIpc) is 3.26. The third-order valence-corrected chi connectivity index (χ3v) is 4.59. The van der Waals surface area contributed by atoms with Gasteiger partial charge in [-0.25, -0.2) is 0 Å². The van der Waals surface area contributed by atoms with Gasteiger partial charge in [-0.1, -0.05) is 13.8 Å².